The summed E-state index contributed by atoms with van der Waals surface area (Å²) in [4.78, 5) is 22.4. The van der Waals surface area contributed by atoms with Crippen LogP contribution in [-0.4, -0.2) is 58.8 Å². The van der Waals surface area contributed by atoms with E-state index in [0.717, 1.165) is 59.9 Å². The minimum atomic E-state index is -0.132. The van der Waals surface area contributed by atoms with Crippen LogP contribution in [0.1, 0.15) is 27.3 Å². The Morgan fingerprint density at radius 3 is 2.45 bits per heavy atom. The molecule has 0 bridgehead atoms. The lowest BCUT2D eigenvalue weighted by Gasteiger charge is -2.34. The maximum atomic E-state index is 13.1. The zero-order chi connectivity index (χ0) is 20.7. The smallest absolute Gasteiger partial charge is 0.256 e. The fourth-order valence-corrected chi connectivity index (χ4v) is 3.99. The highest BCUT2D eigenvalue weighted by atomic mass is 16.1. The third-order valence-corrected chi connectivity index (χ3v) is 5.67. The number of amides is 1. The standard InChI is InChI=1S/C22H28N6O/c1-14-12-17(28-10-8-26(4)9-11-28)6-7-19(14)24-22(29)18-13-15(2)23-21-20(18)16(3)25-27(21)5/h6-7,12-13H,8-11H2,1-5H3,(H,24,29). The molecule has 7 nitrogen and oxygen atoms in total. The number of aryl methyl sites for hydroxylation is 4. The molecule has 0 radical (unpaired) electrons. The van der Waals surface area contributed by atoms with Gasteiger partial charge in [0.15, 0.2) is 5.65 Å². The monoisotopic (exact) mass is 392 g/mol. The van der Waals surface area contributed by atoms with Crippen molar-refractivity contribution in [2.24, 2.45) is 7.05 Å². The first-order chi connectivity index (χ1) is 13.8. The quantitative estimate of drug-likeness (QED) is 0.742. The third-order valence-electron chi connectivity index (χ3n) is 5.67. The number of carbonyl (C=O) groups is 1. The molecule has 2 aromatic heterocycles. The number of nitrogens with zero attached hydrogens (tertiary/aromatic N) is 5. The van der Waals surface area contributed by atoms with Gasteiger partial charge in [-0.1, -0.05) is 0 Å². The Balaban J connectivity index is 1.60. The van der Waals surface area contributed by atoms with Crippen molar-refractivity contribution in [1.82, 2.24) is 19.7 Å². The van der Waals surface area contributed by atoms with Crippen molar-refractivity contribution in [3.05, 3.63) is 46.8 Å². The summed E-state index contributed by atoms with van der Waals surface area (Å²) in [6.45, 7) is 10.0. The number of rotatable bonds is 3. The van der Waals surface area contributed by atoms with Gasteiger partial charge in [-0.05, 0) is 57.6 Å². The number of hydrogen-bond acceptors (Lipinski definition) is 5. The van der Waals surface area contributed by atoms with Gasteiger partial charge in [0.25, 0.3) is 5.91 Å². The summed E-state index contributed by atoms with van der Waals surface area (Å²) >= 11 is 0. The number of nitrogens with one attached hydrogen (secondary N) is 1. The van der Waals surface area contributed by atoms with Gasteiger partial charge in [0, 0.05) is 50.3 Å². The van der Waals surface area contributed by atoms with Crippen LogP contribution in [0.5, 0.6) is 0 Å². The van der Waals surface area contributed by atoms with Crippen LogP contribution in [0.3, 0.4) is 0 Å². The number of benzene rings is 1. The zero-order valence-electron chi connectivity index (χ0n) is 17.8. The summed E-state index contributed by atoms with van der Waals surface area (Å²) < 4.78 is 1.73. The molecule has 3 heterocycles. The molecule has 0 atom stereocenters. The number of piperazine rings is 1. The first-order valence-electron chi connectivity index (χ1n) is 10.00. The topological polar surface area (TPSA) is 66.3 Å². The molecule has 1 aromatic carbocycles. The molecule has 1 saturated heterocycles. The van der Waals surface area contributed by atoms with Crippen LogP contribution in [0.2, 0.25) is 0 Å². The van der Waals surface area contributed by atoms with Crippen LogP contribution in [0.4, 0.5) is 11.4 Å². The highest BCUT2D eigenvalue weighted by molar-refractivity contribution is 6.13. The van der Waals surface area contributed by atoms with Gasteiger partial charge < -0.3 is 15.1 Å². The van der Waals surface area contributed by atoms with E-state index in [2.05, 4.69) is 44.4 Å². The van der Waals surface area contributed by atoms with Gasteiger partial charge in [-0.25, -0.2) is 4.98 Å². The molecule has 1 aliphatic heterocycles. The lowest BCUT2D eigenvalue weighted by molar-refractivity contribution is 0.102. The molecule has 4 rings (SSSR count). The Hall–Kier alpha value is -2.93. The van der Waals surface area contributed by atoms with Gasteiger partial charge in [-0.2, -0.15) is 5.10 Å². The summed E-state index contributed by atoms with van der Waals surface area (Å²) in [5.41, 5.74) is 6.04. The van der Waals surface area contributed by atoms with E-state index in [0.29, 0.717) is 5.56 Å². The third kappa shape index (κ3) is 3.70. The molecule has 0 saturated carbocycles. The molecule has 1 N–H and O–H groups in total. The van der Waals surface area contributed by atoms with E-state index in [4.69, 9.17) is 0 Å². The van der Waals surface area contributed by atoms with Crippen LogP contribution in [0, 0.1) is 20.8 Å². The predicted molar refractivity (Wildman–Crippen MR) is 117 cm³/mol. The Labute approximate surface area is 171 Å². The zero-order valence-corrected chi connectivity index (χ0v) is 17.8. The van der Waals surface area contributed by atoms with Crippen molar-refractivity contribution in [3.8, 4) is 0 Å². The summed E-state index contributed by atoms with van der Waals surface area (Å²) in [6.07, 6.45) is 0. The second kappa shape index (κ2) is 7.48. The summed E-state index contributed by atoms with van der Waals surface area (Å²) in [5, 5.41) is 8.33. The number of pyridine rings is 1. The van der Waals surface area contributed by atoms with Crippen LogP contribution in [-0.2, 0) is 7.05 Å². The largest absolute Gasteiger partial charge is 0.369 e. The Morgan fingerprint density at radius 1 is 1.03 bits per heavy atom. The van der Waals surface area contributed by atoms with Gasteiger partial charge in [-0.3, -0.25) is 9.48 Å². The number of likely N-dealkylation sites (N-methyl/N-ethyl adjacent to an activating group) is 1. The maximum Gasteiger partial charge on any atom is 0.256 e. The molecule has 0 spiro atoms. The normalized spacial score (nSPS) is 15.1. The van der Waals surface area contributed by atoms with E-state index in [1.165, 1.54) is 5.69 Å². The Morgan fingerprint density at radius 2 is 1.76 bits per heavy atom. The highest BCUT2D eigenvalue weighted by Gasteiger charge is 2.19. The molecule has 1 aliphatic rings. The Kier molecular flexibility index (Phi) is 5.00. The maximum absolute atomic E-state index is 13.1. The minimum Gasteiger partial charge on any atom is -0.369 e. The minimum absolute atomic E-state index is 0.132. The predicted octanol–water partition coefficient (Wildman–Crippen LogP) is 2.90. The van der Waals surface area contributed by atoms with Crippen molar-refractivity contribution in [1.29, 1.82) is 0 Å². The second-order valence-corrected chi connectivity index (χ2v) is 7.96. The molecule has 1 amide bonds. The number of aromatic nitrogens is 3. The average Bonchev–Trinajstić information content (AvgIpc) is 2.97. The summed E-state index contributed by atoms with van der Waals surface area (Å²) in [6, 6.07) is 8.09. The van der Waals surface area contributed by atoms with Crippen LogP contribution in [0.25, 0.3) is 11.0 Å². The van der Waals surface area contributed by atoms with Crippen LogP contribution >= 0.6 is 0 Å². The Bertz CT molecular complexity index is 1080. The van der Waals surface area contributed by atoms with Gasteiger partial charge in [-0.15, -0.1) is 0 Å². The van der Waals surface area contributed by atoms with Crippen molar-refractivity contribution in [2.45, 2.75) is 20.8 Å². The average molecular weight is 393 g/mol. The van der Waals surface area contributed by atoms with Gasteiger partial charge in [0.1, 0.15) is 0 Å². The summed E-state index contributed by atoms with van der Waals surface area (Å²) in [7, 11) is 4.01. The number of hydrogen-bond donors (Lipinski definition) is 1. The molecular weight excluding hydrogens is 364 g/mol. The molecule has 152 valence electrons. The van der Waals surface area contributed by atoms with E-state index in [-0.39, 0.29) is 5.91 Å². The van der Waals surface area contributed by atoms with Crippen molar-refractivity contribution in [2.75, 3.05) is 43.4 Å². The van der Waals surface area contributed by atoms with Crippen molar-refractivity contribution in [3.63, 3.8) is 0 Å². The molecule has 0 aliphatic carbocycles. The lowest BCUT2D eigenvalue weighted by atomic mass is 10.1. The number of carbonyl (C=O) groups excluding carboxylic acids is 1. The summed E-state index contributed by atoms with van der Waals surface area (Å²) in [5.74, 6) is -0.132. The molecule has 29 heavy (non-hydrogen) atoms. The van der Waals surface area contributed by atoms with Gasteiger partial charge >= 0.3 is 0 Å². The lowest BCUT2D eigenvalue weighted by Crippen LogP contribution is -2.44. The van der Waals surface area contributed by atoms with Gasteiger partial charge in [0.2, 0.25) is 0 Å². The molecular formula is C22H28N6O. The van der Waals surface area contributed by atoms with E-state index >= 15 is 0 Å². The highest BCUT2D eigenvalue weighted by Crippen LogP contribution is 2.26. The molecule has 0 unspecified atom stereocenters. The fraction of sp³-hybridized carbons (Fsp3) is 0.409. The van der Waals surface area contributed by atoms with E-state index < -0.39 is 0 Å². The molecule has 3 aromatic rings. The van der Waals surface area contributed by atoms with E-state index in [9.17, 15) is 4.79 Å². The van der Waals surface area contributed by atoms with Crippen molar-refractivity contribution < 1.29 is 4.79 Å². The van der Waals surface area contributed by atoms with E-state index in [1.807, 2.05) is 40.0 Å². The number of fused-ring (bicyclic) bond motifs is 1. The number of anilines is 2. The molecule has 1 fully saturated rings. The SMILES string of the molecule is Cc1cc(C(=O)Nc2ccc(N3CCN(C)CC3)cc2C)c2c(C)nn(C)c2n1. The van der Waals surface area contributed by atoms with Crippen molar-refractivity contribution >= 4 is 28.3 Å². The second-order valence-electron chi connectivity index (χ2n) is 7.96. The first kappa shape index (κ1) is 19.4. The first-order valence-corrected chi connectivity index (χ1v) is 10.00. The van der Waals surface area contributed by atoms with Crippen LogP contribution in [0.15, 0.2) is 24.3 Å². The van der Waals surface area contributed by atoms with E-state index in [1.54, 1.807) is 4.68 Å². The van der Waals surface area contributed by atoms with Gasteiger partial charge in [0.05, 0.1) is 16.6 Å². The fourth-order valence-electron chi connectivity index (χ4n) is 3.99. The van der Waals surface area contributed by atoms with Crippen LogP contribution < -0.4 is 10.2 Å². The molecule has 7 heteroatoms.